The minimum atomic E-state index is -5.08. The topological polar surface area (TPSA) is 95.9 Å². The molecule has 1 heterocycles. The number of hydrogen-bond acceptors (Lipinski definition) is 5. The summed E-state index contributed by atoms with van der Waals surface area (Å²) in [5.41, 5.74) is 0. The lowest BCUT2D eigenvalue weighted by molar-refractivity contribution is -0.192. The number of carboxylic acids is 1. The predicted molar refractivity (Wildman–Crippen MR) is 52.7 cm³/mol. The Morgan fingerprint density at radius 2 is 1.94 bits per heavy atom. The molecule has 2 atom stereocenters. The fourth-order valence-electron chi connectivity index (χ4n) is 1.16. The highest BCUT2D eigenvalue weighted by Crippen LogP contribution is 2.13. The van der Waals surface area contributed by atoms with Gasteiger partial charge in [-0.1, -0.05) is 0 Å². The van der Waals surface area contributed by atoms with E-state index in [1.54, 1.807) is 6.92 Å². The van der Waals surface area contributed by atoms with Crippen molar-refractivity contribution in [2.75, 3.05) is 13.2 Å². The maximum Gasteiger partial charge on any atom is 0.490 e. The Morgan fingerprint density at radius 1 is 1.44 bits per heavy atom. The van der Waals surface area contributed by atoms with Crippen LogP contribution in [0.25, 0.3) is 0 Å². The Balaban J connectivity index is 0.000000360. The second-order valence-corrected chi connectivity index (χ2v) is 3.34. The lowest BCUT2D eigenvalue weighted by Crippen LogP contribution is -2.39. The van der Waals surface area contributed by atoms with E-state index in [-0.39, 0.29) is 5.97 Å². The van der Waals surface area contributed by atoms with Gasteiger partial charge in [0.05, 0.1) is 12.7 Å². The van der Waals surface area contributed by atoms with Gasteiger partial charge in [-0.15, -0.1) is 0 Å². The van der Waals surface area contributed by atoms with E-state index >= 15 is 0 Å². The molecule has 0 amide bonds. The van der Waals surface area contributed by atoms with E-state index in [0.29, 0.717) is 19.6 Å². The summed E-state index contributed by atoms with van der Waals surface area (Å²) < 4.78 is 36.5. The summed E-state index contributed by atoms with van der Waals surface area (Å²) in [6, 6.07) is -0.505. The van der Waals surface area contributed by atoms with Crippen LogP contribution in [-0.4, -0.2) is 53.6 Å². The Labute approximate surface area is 101 Å². The first-order valence-electron chi connectivity index (χ1n) is 5.08. The standard InChI is InChI=1S/C7H13NO3.C2HF3O2/c1-2-11-7(10)6-5(9)3-4-8-6;3-2(4,5)1(6)7/h5-6,8-9H,2-4H2,1H3;(H,6,7)/t5-,6+;/m1./s1. The fourth-order valence-corrected chi connectivity index (χ4v) is 1.16. The molecule has 0 spiro atoms. The van der Waals surface area contributed by atoms with Gasteiger partial charge in [-0.3, -0.25) is 4.79 Å². The van der Waals surface area contributed by atoms with Crippen LogP contribution in [0.5, 0.6) is 0 Å². The van der Waals surface area contributed by atoms with Crippen LogP contribution in [0.3, 0.4) is 0 Å². The van der Waals surface area contributed by atoms with E-state index in [9.17, 15) is 23.1 Å². The molecule has 0 bridgehead atoms. The highest BCUT2D eigenvalue weighted by Gasteiger charge is 2.38. The molecular formula is C9H14F3NO5. The van der Waals surface area contributed by atoms with Gasteiger partial charge in [0.15, 0.2) is 0 Å². The minimum absolute atomic E-state index is 0.350. The van der Waals surface area contributed by atoms with E-state index in [2.05, 4.69) is 5.32 Å². The van der Waals surface area contributed by atoms with E-state index in [1.807, 2.05) is 0 Å². The molecule has 106 valence electrons. The zero-order valence-corrected chi connectivity index (χ0v) is 9.53. The van der Waals surface area contributed by atoms with Gasteiger partial charge in [0.1, 0.15) is 6.04 Å². The molecule has 18 heavy (non-hydrogen) atoms. The summed E-state index contributed by atoms with van der Waals surface area (Å²) in [7, 11) is 0. The summed E-state index contributed by atoms with van der Waals surface area (Å²) in [6.07, 6.45) is -5.03. The van der Waals surface area contributed by atoms with Crippen molar-refractivity contribution in [3.8, 4) is 0 Å². The van der Waals surface area contributed by atoms with E-state index in [0.717, 1.165) is 0 Å². The number of aliphatic hydroxyl groups is 1. The Kier molecular flexibility index (Phi) is 6.63. The number of rotatable bonds is 2. The van der Waals surface area contributed by atoms with E-state index in [4.69, 9.17) is 14.6 Å². The fraction of sp³-hybridized carbons (Fsp3) is 0.778. The monoisotopic (exact) mass is 273 g/mol. The molecule has 0 aromatic carbocycles. The first-order chi connectivity index (χ1) is 8.20. The third kappa shape index (κ3) is 5.82. The van der Waals surface area contributed by atoms with Gasteiger partial charge >= 0.3 is 18.1 Å². The van der Waals surface area contributed by atoms with Gasteiger partial charge in [0.25, 0.3) is 0 Å². The Bertz CT molecular complexity index is 294. The number of carboxylic acid groups (broad SMARTS) is 1. The second-order valence-electron chi connectivity index (χ2n) is 3.34. The highest BCUT2D eigenvalue weighted by molar-refractivity contribution is 5.76. The molecule has 1 aliphatic heterocycles. The normalized spacial score (nSPS) is 22.9. The summed E-state index contributed by atoms with van der Waals surface area (Å²) in [5, 5.41) is 19.2. The van der Waals surface area contributed by atoms with Crippen LogP contribution in [0.4, 0.5) is 13.2 Å². The number of aliphatic carboxylic acids is 1. The van der Waals surface area contributed by atoms with Crippen molar-refractivity contribution in [1.29, 1.82) is 0 Å². The van der Waals surface area contributed by atoms with Gasteiger partial charge < -0.3 is 20.3 Å². The number of aliphatic hydroxyl groups excluding tert-OH is 1. The van der Waals surface area contributed by atoms with Gasteiger partial charge in [-0.05, 0) is 19.9 Å². The summed E-state index contributed by atoms with van der Waals surface area (Å²) >= 11 is 0. The number of esters is 1. The number of ether oxygens (including phenoxy) is 1. The van der Waals surface area contributed by atoms with Crippen LogP contribution in [0, 0.1) is 0 Å². The average Bonchev–Trinajstić information content (AvgIpc) is 2.64. The molecule has 0 aliphatic carbocycles. The summed E-state index contributed by atoms with van der Waals surface area (Å²) in [4.78, 5) is 19.9. The first-order valence-corrected chi connectivity index (χ1v) is 5.08. The van der Waals surface area contributed by atoms with Crippen LogP contribution in [-0.2, 0) is 14.3 Å². The van der Waals surface area contributed by atoms with E-state index < -0.39 is 24.3 Å². The smallest absolute Gasteiger partial charge is 0.475 e. The van der Waals surface area contributed by atoms with E-state index in [1.165, 1.54) is 0 Å². The number of halogens is 3. The van der Waals surface area contributed by atoms with Crippen LogP contribution in [0.15, 0.2) is 0 Å². The summed E-state index contributed by atoms with van der Waals surface area (Å²) in [6.45, 7) is 2.80. The Hall–Kier alpha value is -1.35. The molecule has 9 heteroatoms. The predicted octanol–water partition coefficient (Wildman–Crippen LogP) is -0.0944. The molecule has 0 radical (unpaired) electrons. The number of carbonyl (C=O) groups is 2. The zero-order chi connectivity index (χ0) is 14.3. The number of carbonyl (C=O) groups excluding carboxylic acids is 1. The average molecular weight is 273 g/mol. The van der Waals surface area contributed by atoms with Crippen molar-refractivity contribution in [3.05, 3.63) is 0 Å². The van der Waals surface area contributed by atoms with Crippen molar-refractivity contribution in [1.82, 2.24) is 5.32 Å². The molecule has 1 saturated heterocycles. The third-order valence-corrected chi connectivity index (χ3v) is 1.97. The minimum Gasteiger partial charge on any atom is -0.475 e. The maximum absolute atomic E-state index is 11.0. The molecule has 0 aromatic heterocycles. The number of hydrogen-bond donors (Lipinski definition) is 3. The molecule has 0 unspecified atom stereocenters. The molecule has 0 saturated carbocycles. The van der Waals surface area contributed by atoms with Crippen LogP contribution in [0.1, 0.15) is 13.3 Å². The third-order valence-electron chi connectivity index (χ3n) is 1.97. The molecular weight excluding hydrogens is 259 g/mol. The van der Waals surface area contributed by atoms with Crippen molar-refractivity contribution in [2.45, 2.75) is 31.7 Å². The quantitative estimate of drug-likeness (QED) is 0.608. The molecule has 1 fully saturated rings. The van der Waals surface area contributed by atoms with Gasteiger partial charge in [-0.25, -0.2) is 4.79 Å². The lowest BCUT2D eigenvalue weighted by Gasteiger charge is -2.12. The van der Waals surface area contributed by atoms with Crippen LogP contribution < -0.4 is 5.32 Å². The van der Waals surface area contributed by atoms with Crippen molar-refractivity contribution >= 4 is 11.9 Å². The van der Waals surface area contributed by atoms with Gasteiger partial charge in [0.2, 0.25) is 0 Å². The SMILES string of the molecule is CCOC(=O)[C@H]1NCC[C@H]1O.O=C(O)C(F)(F)F. The van der Waals surface area contributed by atoms with Crippen LogP contribution in [0.2, 0.25) is 0 Å². The maximum atomic E-state index is 11.0. The Morgan fingerprint density at radius 3 is 2.22 bits per heavy atom. The van der Waals surface area contributed by atoms with Crippen molar-refractivity contribution < 1.29 is 37.7 Å². The van der Waals surface area contributed by atoms with Crippen LogP contribution >= 0.6 is 0 Å². The number of nitrogens with one attached hydrogen (secondary N) is 1. The molecule has 0 aromatic rings. The lowest BCUT2D eigenvalue weighted by atomic mass is 10.2. The molecule has 1 aliphatic rings. The number of alkyl halides is 3. The van der Waals surface area contributed by atoms with Gasteiger partial charge in [-0.2, -0.15) is 13.2 Å². The van der Waals surface area contributed by atoms with Crippen molar-refractivity contribution in [3.63, 3.8) is 0 Å². The van der Waals surface area contributed by atoms with Crippen molar-refractivity contribution in [2.24, 2.45) is 0 Å². The second kappa shape index (κ2) is 7.17. The largest absolute Gasteiger partial charge is 0.490 e. The summed E-state index contributed by atoms with van der Waals surface area (Å²) in [5.74, 6) is -3.11. The zero-order valence-electron chi connectivity index (χ0n) is 9.53. The molecule has 6 nitrogen and oxygen atoms in total. The molecule has 1 rings (SSSR count). The highest BCUT2D eigenvalue weighted by atomic mass is 19.4. The van der Waals surface area contributed by atoms with Gasteiger partial charge in [0, 0.05) is 0 Å². The first kappa shape index (κ1) is 16.6. The molecule has 3 N–H and O–H groups in total.